The lowest BCUT2D eigenvalue weighted by atomic mass is 10.2. The third-order valence-corrected chi connectivity index (χ3v) is 6.26. The molecule has 0 bridgehead atoms. The summed E-state index contributed by atoms with van der Waals surface area (Å²) in [5, 5.41) is 0. The summed E-state index contributed by atoms with van der Waals surface area (Å²) in [6.07, 6.45) is 3.18. The summed E-state index contributed by atoms with van der Waals surface area (Å²) in [5.41, 5.74) is 2.36. The van der Waals surface area contributed by atoms with E-state index in [4.69, 9.17) is 0 Å². The molecule has 0 aliphatic carbocycles. The number of amides is 1. The van der Waals surface area contributed by atoms with Gasteiger partial charge in [0.25, 0.3) is 0 Å². The SMILES string of the molecule is CSc1ccc(CN(C)C(=O)CN2CCCSc3ccccc32)cc1. The van der Waals surface area contributed by atoms with Crippen molar-refractivity contribution in [1.82, 2.24) is 4.90 Å². The van der Waals surface area contributed by atoms with Crippen LogP contribution in [0.5, 0.6) is 0 Å². The van der Waals surface area contributed by atoms with Crippen molar-refractivity contribution < 1.29 is 4.79 Å². The molecule has 1 amide bonds. The van der Waals surface area contributed by atoms with E-state index in [1.807, 2.05) is 23.7 Å². The molecule has 25 heavy (non-hydrogen) atoms. The van der Waals surface area contributed by atoms with Crippen LogP contribution >= 0.6 is 23.5 Å². The van der Waals surface area contributed by atoms with Crippen molar-refractivity contribution in [2.45, 2.75) is 22.8 Å². The summed E-state index contributed by atoms with van der Waals surface area (Å²) >= 11 is 3.62. The number of likely N-dealkylation sites (N-methyl/N-ethyl adjacent to an activating group) is 1. The van der Waals surface area contributed by atoms with Crippen LogP contribution in [0.15, 0.2) is 58.3 Å². The molecule has 2 aromatic carbocycles. The minimum atomic E-state index is 0.163. The Hall–Kier alpha value is -1.59. The van der Waals surface area contributed by atoms with E-state index in [0.717, 1.165) is 18.7 Å². The predicted octanol–water partition coefficient (Wildman–Crippen LogP) is 4.37. The number of rotatable bonds is 5. The zero-order valence-electron chi connectivity index (χ0n) is 14.8. The first-order valence-electron chi connectivity index (χ1n) is 8.51. The van der Waals surface area contributed by atoms with Gasteiger partial charge < -0.3 is 9.80 Å². The number of para-hydroxylation sites is 1. The van der Waals surface area contributed by atoms with Gasteiger partial charge in [0, 0.05) is 29.9 Å². The van der Waals surface area contributed by atoms with E-state index in [1.54, 1.807) is 11.8 Å². The number of carbonyl (C=O) groups excluding carboxylic acids is 1. The second-order valence-corrected chi connectivity index (χ2v) is 8.21. The van der Waals surface area contributed by atoms with E-state index in [2.05, 4.69) is 59.7 Å². The molecule has 0 atom stereocenters. The quantitative estimate of drug-likeness (QED) is 0.727. The first-order valence-corrected chi connectivity index (χ1v) is 10.7. The van der Waals surface area contributed by atoms with E-state index in [1.165, 1.54) is 21.0 Å². The van der Waals surface area contributed by atoms with Gasteiger partial charge in [-0.25, -0.2) is 0 Å². The minimum Gasteiger partial charge on any atom is -0.361 e. The Bertz CT molecular complexity index is 718. The molecule has 0 aromatic heterocycles. The lowest BCUT2D eigenvalue weighted by molar-refractivity contribution is -0.128. The average Bonchev–Trinajstić information content (AvgIpc) is 2.85. The van der Waals surface area contributed by atoms with Crippen LogP contribution < -0.4 is 4.90 Å². The Morgan fingerprint density at radius 1 is 1.20 bits per heavy atom. The Labute approximate surface area is 158 Å². The predicted molar refractivity (Wildman–Crippen MR) is 109 cm³/mol. The summed E-state index contributed by atoms with van der Waals surface area (Å²) in [6.45, 7) is 2.03. The van der Waals surface area contributed by atoms with E-state index >= 15 is 0 Å². The van der Waals surface area contributed by atoms with Crippen molar-refractivity contribution in [3.05, 3.63) is 54.1 Å². The topological polar surface area (TPSA) is 23.6 Å². The van der Waals surface area contributed by atoms with Crippen molar-refractivity contribution in [2.75, 3.05) is 37.0 Å². The van der Waals surface area contributed by atoms with Crippen LogP contribution in [0.1, 0.15) is 12.0 Å². The van der Waals surface area contributed by atoms with Crippen molar-refractivity contribution in [2.24, 2.45) is 0 Å². The van der Waals surface area contributed by atoms with Crippen molar-refractivity contribution >= 4 is 35.1 Å². The van der Waals surface area contributed by atoms with Crippen molar-refractivity contribution in [3.8, 4) is 0 Å². The molecule has 132 valence electrons. The highest BCUT2D eigenvalue weighted by molar-refractivity contribution is 7.99. The van der Waals surface area contributed by atoms with Gasteiger partial charge >= 0.3 is 0 Å². The van der Waals surface area contributed by atoms with E-state index in [0.29, 0.717) is 13.1 Å². The average molecular weight is 373 g/mol. The van der Waals surface area contributed by atoms with Gasteiger partial charge in [-0.05, 0) is 48.3 Å². The summed E-state index contributed by atoms with van der Waals surface area (Å²) in [6, 6.07) is 16.8. The Morgan fingerprint density at radius 3 is 2.72 bits per heavy atom. The molecule has 3 rings (SSSR count). The van der Waals surface area contributed by atoms with Crippen molar-refractivity contribution in [1.29, 1.82) is 0 Å². The molecule has 3 nitrogen and oxygen atoms in total. The van der Waals surface area contributed by atoms with Crippen LogP contribution in [0.4, 0.5) is 5.69 Å². The van der Waals surface area contributed by atoms with Crippen molar-refractivity contribution in [3.63, 3.8) is 0 Å². The summed E-state index contributed by atoms with van der Waals surface area (Å²) in [7, 11) is 1.89. The monoisotopic (exact) mass is 372 g/mol. The Kier molecular flexibility index (Phi) is 6.32. The van der Waals surface area contributed by atoms with Gasteiger partial charge in [-0.3, -0.25) is 4.79 Å². The zero-order valence-corrected chi connectivity index (χ0v) is 16.4. The van der Waals surface area contributed by atoms with Gasteiger partial charge in [-0.15, -0.1) is 23.5 Å². The number of hydrogen-bond acceptors (Lipinski definition) is 4. The van der Waals surface area contributed by atoms with Gasteiger partial charge in [0.1, 0.15) is 0 Å². The number of anilines is 1. The summed E-state index contributed by atoms with van der Waals surface area (Å²) < 4.78 is 0. The zero-order chi connectivity index (χ0) is 17.6. The number of hydrogen-bond donors (Lipinski definition) is 0. The van der Waals surface area contributed by atoms with Crippen LogP contribution in [-0.4, -0.2) is 43.0 Å². The second-order valence-electron chi connectivity index (χ2n) is 6.19. The fourth-order valence-corrected chi connectivity index (χ4v) is 4.36. The Morgan fingerprint density at radius 2 is 1.96 bits per heavy atom. The number of fused-ring (bicyclic) bond motifs is 1. The molecule has 2 aromatic rings. The maximum Gasteiger partial charge on any atom is 0.242 e. The van der Waals surface area contributed by atoms with Crippen LogP contribution in [0.25, 0.3) is 0 Å². The maximum atomic E-state index is 12.7. The van der Waals surface area contributed by atoms with Crippen LogP contribution in [-0.2, 0) is 11.3 Å². The molecule has 0 saturated heterocycles. The summed E-state index contributed by atoms with van der Waals surface area (Å²) in [5.74, 6) is 1.27. The van der Waals surface area contributed by atoms with E-state index < -0.39 is 0 Å². The van der Waals surface area contributed by atoms with Gasteiger partial charge in [-0.2, -0.15) is 0 Å². The molecule has 1 aliphatic heterocycles. The molecule has 0 fully saturated rings. The highest BCUT2D eigenvalue weighted by Crippen LogP contribution is 2.33. The second kappa shape index (κ2) is 8.68. The molecule has 1 heterocycles. The van der Waals surface area contributed by atoms with Gasteiger partial charge in [-0.1, -0.05) is 24.3 Å². The first kappa shape index (κ1) is 18.2. The molecule has 0 saturated carbocycles. The fourth-order valence-electron chi connectivity index (χ4n) is 2.94. The lowest BCUT2D eigenvalue weighted by Gasteiger charge is -2.27. The standard InChI is InChI=1S/C20H24N2OS2/c1-21(14-16-8-10-17(24-2)11-9-16)20(23)15-22-12-5-13-25-19-7-4-3-6-18(19)22/h3-4,6-11H,5,12-15H2,1-2H3. The largest absolute Gasteiger partial charge is 0.361 e. The first-order chi connectivity index (χ1) is 12.2. The van der Waals surface area contributed by atoms with Crippen LogP contribution in [0.3, 0.4) is 0 Å². The highest BCUT2D eigenvalue weighted by atomic mass is 32.2. The molecular weight excluding hydrogens is 348 g/mol. The van der Waals surface area contributed by atoms with Gasteiger partial charge in [0.15, 0.2) is 0 Å². The number of carbonyl (C=O) groups is 1. The molecule has 5 heteroatoms. The smallest absolute Gasteiger partial charge is 0.242 e. The van der Waals surface area contributed by atoms with E-state index in [-0.39, 0.29) is 5.91 Å². The molecular formula is C20H24N2OS2. The number of thioether (sulfide) groups is 2. The lowest BCUT2D eigenvalue weighted by Crippen LogP contribution is -2.38. The van der Waals surface area contributed by atoms with Gasteiger partial charge in [0.05, 0.1) is 12.2 Å². The molecule has 0 spiro atoms. The highest BCUT2D eigenvalue weighted by Gasteiger charge is 2.19. The molecule has 0 unspecified atom stereocenters. The number of benzene rings is 2. The summed E-state index contributed by atoms with van der Waals surface area (Å²) in [4.78, 5) is 19.3. The van der Waals surface area contributed by atoms with Crippen LogP contribution in [0, 0.1) is 0 Å². The van der Waals surface area contributed by atoms with Gasteiger partial charge in [0.2, 0.25) is 5.91 Å². The minimum absolute atomic E-state index is 0.163. The third-order valence-electron chi connectivity index (χ3n) is 4.37. The normalized spacial score (nSPS) is 13.9. The molecule has 1 aliphatic rings. The Balaban J connectivity index is 1.64. The van der Waals surface area contributed by atoms with E-state index in [9.17, 15) is 4.79 Å². The fraction of sp³-hybridized carbons (Fsp3) is 0.350. The molecule has 0 N–H and O–H groups in total. The molecule has 0 radical (unpaired) electrons. The van der Waals surface area contributed by atoms with Crippen LogP contribution in [0.2, 0.25) is 0 Å². The third kappa shape index (κ3) is 4.73. The number of nitrogens with zero attached hydrogens (tertiary/aromatic N) is 2. The maximum absolute atomic E-state index is 12.7.